The fourth-order valence-electron chi connectivity index (χ4n) is 2.64. The van der Waals surface area contributed by atoms with Crippen molar-refractivity contribution in [2.24, 2.45) is 11.7 Å². The highest BCUT2D eigenvalue weighted by Gasteiger charge is 2.20. The van der Waals surface area contributed by atoms with Crippen molar-refractivity contribution < 1.29 is 9.53 Å². The van der Waals surface area contributed by atoms with Gasteiger partial charge in [-0.25, -0.2) is 4.98 Å². The predicted octanol–water partition coefficient (Wildman–Crippen LogP) is 0.633. The van der Waals surface area contributed by atoms with E-state index in [1.54, 1.807) is 19.4 Å². The van der Waals surface area contributed by atoms with Gasteiger partial charge in [-0.15, -0.1) is 0 Å². The topological polar surface area (TPSA) is 80.5 Å². The summed E-state index contributed by atoms with van der Waals surface area (Å²) >= 11 is 0. The van der Waals surface area contributed by atoms with Crippen molar-refractivity contribution in [3.05, 3.63) is 23.9 Å². The van der Waals surface area contributed by atoms with Crippen LogP contribution < -0.4 is 16.0 Å². The van der Waals surface area contributed by atoms with Gasteiger partial charge in [0.15, 0.2) is 0 Å². The first kappa shape index (κ1) is 15.7. The number of hydrogen-bond acceptors (Lipinski definition) is 5. The molecule has 1 fully saturated rings. The van der Waals surface area contributed by atoms with Crippen LogP contribution in [0, 0.1) is 5.92 Å². The van der Waals surface area contributed by atoms with E-state index in [1.165, 1.54) is 6.42 Å². The Morgan fingerprint density at radius 1 is 1.57 bits per heavy atom. The maximum absolute atomic E-state index is 11.1. The molecule has 0 radical (unpaired) electrons. The highest BCUT2D eigenvalue weighted by Crippen LogP contribution is 2.21. The molecule has 1 aliphatic heterocycles. The number of ether oxygens (including phenoxy) is 1. The summed E-state index contributed by atoms with van der Waals surface area (Å²) in [5.74, 6) is 1.10. The van der Waals surface area contributed by atoms with Crippen LogP contribution in [0.15, 0.2) is 18.3 Å². The zero-order valence-corrected chi connectivity index (χ0v) is 12.5. The Hall–Kier alpha value is -1.66. The SMILES string of the molecule is COCCNCC1CCCN(c2ccc(C(N)=O)cn2)C1. The summed E-state index contributed by atoms with van der Waals surface area (Å²) < 4.78 is 5.03. The van der Waals surface area contributed by atoms with Gasteiger partial charge in [-0.1, -0.05) is 0 Å². The minimum Gasteiger partial charge on any atom is -0.383 e. The van der Waals surface area contributed by atoms with Crippen molar-refractivity contribution in [3.63, 3.8) is 0 Å². The number of aromatic nitrogens is 1. The molecule has 1 aromatic rings. The Morgan fingerprint density at radius 3 is 3.10 bits per heavy atom. The van der Waals surface area contributed by atoms with Crippen LogP contribution in [0.1, 0.15) is 23.2 Å². The summed E-state index contributed by atoms with van der Waals surface area (Å²) in [4.78, 5) is 17.7. The second kappa shape index (κ2) is 7.95. The molecule has 0 saturated carbocycles. The summed E-state index contributed by atoms with van der Waals surface area (Å²) in [6.07, 6.45) is 3.95. The first-order chi connectivity index (χ1) is 10.2. The molecule has 6 heteroatoms. The van der Waals surface area contributed by atoms with Gasteiger partial charge < -0.3 is 20.7 Å². The predicted molar refractivity (Wildman–Crippen MR) is 82.4 cm³/mol. The van der Waals surface area contributed by atoms with E-state index in [9.17, 15) is 4.79 Å². The Kier molecular flexibility index (Phi) is 5.95. The van der Waals surface area contributed by atoms with Gasteiger partial charge in [0.1, 0.15) is 5.82 Å². The number of amides is 1. The minimum absolute atomic E-state index is 0.437. The van der Waals surface area contributed by atoms with E-state index in [-0.39, 0.29) is 0 Å². The number of pyridine rings is 1. The highest BCUT2D eigenvalue weighted by molar-refractivity contribution is 5.92. The van der Waals surface area contributed by atoms with Crippen LogP contribution in [-0.4, -0.2) is 50.8 Å². The quantitative estimate of drug-likeness (QED) is 0.721. The first-order valence-electron chi connectivity index (χ1n) is 7.41. The monoisotopic (exact) mass is 292 g/mol. The van der Waals surface area contributed by atoms with Crippen LogP contribution in [-0.2, 0) is 4.74 Å². The molecule has 2 rings (SSSR count). The molecule has 0 aromatic carbocycles. The fraction of sp³-hybridized carbons (Fsp3) is 0.600. The van der Waals surface area contributed by atoms with Gasteiger partial charge >= 0.3 is 0 Å². The molecule has 21 heavy (non-hydrogen) atoms. The number of nitrogens with two attached hydrogens (primary N) is 1. The average Bonchev–Trinajstić information content (AvgIpc) is 2.52. The van der Waals surface area contributed by atoms with E-state index >= 15 is 0 Å². The molecule has 1 atom stereocenters. The van der Waals surface area contributed by atoms with E-state index in [2.05, 4.69) is 15.2 Å². The number of rotatable bonds is 7. The van der Waals surface area contributed by atoms with Crippen LogP contribution in [0.3, 0.4) is 0 Å². The lowest BCUT2D eigenvalue weighted by Gasteiger charge is -2.33. The van der Waals surface area contributed by atoms with Gasteiger partial charge in [0.05, 0.1) is 12.2 Å². The number of primary amides is 1. The van der Waals surface area contributed by atoms with Crippen molar-refractivity contribution in [3.8, 4) is 0 Å². The Morgan fingerprint density at radius 2 is 2.43 bits per heavy atom. The molecule has 1 unspecified atom stereocenters. The molecule has 1 saturated heterocycles. The third-order valence-electron chi connectivity index (χ3n) is 3.79. The van der Waals surface area contributed by atoms with E-state index < -0.39 is 5.91 Å². The lowest BCUT2D eigenvalue weighted by atomic mass is 9.98. The Balaban J connectivity index is 1.86. The third kappa shape index (κ3) is 4.68. The van der Waals surface area contributed by atoms with Crippen LogP contribution in [0.2, 0.25) is 0 Å². The van der Waals surface area contributed by atoms with Crippen molar-refractivity contribution in [1.82, 2.24) is 10.3 Å². The molecule has 1 aliphatic rings. The van der Waals surface area contributed by atoms with E-state index in [4.69, 9.17) is 10.5 Å². The summed E-state index contributed by atoms with van der Waals surface area (Å²) in [6, 6.07) is 3.62. The van der Waals surface area contributed by atoms with Gasteiger partial charge in [0.25, 0.3) is 0 Å². The van der Waals surface area contributed by atoms with E-state index in [1.807, 2.05) is 6.07 Å². The van der Waals surface area contributed by atoms with Gasteiger partial charge in [0, 0.05) is 32.9 Å². The molecular formula is C15H24N4O2. The summed E-state index contributed by atoms with van der Waals surface area (Å²) in [7, 11) is 1.71. The van der Waals surface area contributed by atoms with Gasteiger partial charge in [-0.2, -0.15) is 0 Å². The summed E-state index contributed by atoms with van der Waals surface area (Å²) in [6.45, 7) is 4.63. The van der Waals surface area contributed by atoms with Crippen molar-refractivity contribution in [2.75, 3.05) is 44.8 Å². The molecular weight excluding hydrogens is 268 g/mol. The number of nitrogens with zero attached hydrogens (tertiary/aromatic N) is 2. The van der Waals surface area contributed by atoms with Gasteiger partial charge in [0.2, 0.25) is 5.91 Å². The number of hydrogen-bond donors (Lipinski definition) is 2. The standard InChI is InChI=1S/C15H24N4O2/c1-21-8-6-17-9-12-3-2-7-19(11-12)14-5-4-13(10-18-14)15(16)20/h4-5,10,12,17H,2-3,6-9,11H2,1H3,(H2,16,20). The number of anilines is 1. The largest absolute Gasteiger partial charge is 0.383 e. The maximum atomic E-state index is 11.1. The number of piperidine rings is 1. The first-order valence-corrected chi connectivity index (χ1v) is 7.41. The van der Waals surface area contributed by atoms with Gasteiger partial charge in [-0.05, 0) is 37.4 Å². The fourth-order valence-corrected chi connectivity index (χ4v) is 2.64. The zero-order chi connectivity index (χ0) is 15.1. The third-order valence-corrected chi connectivity index (χ3v) is 3.79. The second-order valence-corrected chi connectivity index (χ2v) is 5.42. The smallest absolute Gasteiger partial charge is 0.250 e. The molecule has 0 bridgehead atoms. The number of methoxy groups -OCH3 is 1. The average molecular weight is 292 g/mol. The van der Waals surface area contributed by atoms with Crippen LogP contribution in [0.5, 0.6) is 0 Å². The Labute approximate surface area is 125 Å². The Bertz CT molecular complexity index is 449. The summed E-state index contributed by atoms with van der Waals surface area (Å²) in [5, 5.41) is 3.42. The van der Waals surface area contributed by atoms with Crippen LogP contribution >= 0.6 is 0 Å². The second-order valence-electron chi connectivity index (χ2n) is 5.42. The number of nitrogens with one attached hydrogen (secondary N) is 1. The minimum atomic E-state index is -0.437. The van der Waals surface area contributed by atoms with Crippen molar-refractivity contribution in [1.29, 1.82) is 0 Å². The maximum Gasteiger partial charge on any atom is 0.250 e. The van der Waals surface area contributed by atoms with Crippen molar-refractivity contribution >= 4 is 11.7 Å². The molecule has 1 aromatic heterocycles. The molecule has 0 spiro atoms. The van der Waals surface area contributed by atoms with Crippen LogP contribution in [0.25, 0.3) is 0 Å². The summed E-state index contributed by atoms with van der Waals surface area (Å²) in [5.41, 5.74) is 5.69. The molecule has 1 amide bonds. The number of carbonyl (C=O) groups excluding carboxylic acids is 1. The van der Waals surface area contributed by atoms with Crippen molar-refractivity contribution in [2.45, 2.75) is 12.8 Å². The zero-order valence-electron chi connectivity index (χ0n) is 12.5. The number of carbonyl (C=O) groups is 1. The van der Waals surface area contributed by atoms with Gasteiger partial charge in [-0.3, -0.25) is 4.79 Å². The molecule has 116 valence electrons. The van der Waals surface area contributed by atoms with Crippen LogP contribution in [0.4, 0.5) is 5.82 Å². The lowest BCUT2D eigenvalue weighted by molar-refractivity contribution is 0.1000. The lowest BCUT2D eigenvalue weighted by Crippen LogP contribution is -2.40. The molecule has 6 nitrogen and oxygen atoms in total. The molecule has 2 heterocycles. The molecule has 0 aliphatic carbocycles. The van der Waals surface area contributed by atoms with E-state index in [0.29, 0.717) is 11.5 Å². The molecule has 3 N–H and O–H groups in total. The van der Waals surface area contributed by atoms with E-state index in [0.717, 1.165) is 45.0 Å². The normalized spacial score (nSPS) is 18.7. The highest BCUT2D eigenvalue weighted by atomic mass is 16.5.